The maximum absolute atomic E-state index is 12.6. The number of hydrogen-bond acceptors (Lipinski definition) is 4. The van der Waals surface area contributed by atoms with Gasteiger partial charge in [0.2, 0.25) is 5.91 Å². The van der Waals surface area contributed by atoms with Crippen molar-refractivity contribution in [1.29, 1.82) is 0 Å². The second-order valence-corrected chi connectivity index (χ2v) is 7.56. The lowest BCUT2D eigenvalue weighted by atomic mass is 10.1. The predicted octanol–water partition coefficient (Wildman–Crippen LogP) is 5.26. The maximum atomic E-state index is 12.6. The number of hydrogen-bond donors (Lipinski definition) is 2. The van der Waals surface area contributed by atoms with Crippen molar-refractivity contribution < 1.29 is 9.90 Å². The third kappa shape index (κ3) is 5.45. The van der Waals surface area contributed by atoms with Crippen LogP contribution in [0.3, 0.4) is 0 Å². The van der Waals surface area contributed by atoms with E-state index in [1.54, 1.807) is 6.20 Å². The second kappa shape index (κ2) is 10.5. The highest BCUT2D eigenvalue weighted by molar-refractivity contribution is 5.93. The van der Waals surface area contributed by atoms with Gasteiger partial charge in [-0.25, -0.2) is 9.97 Å². The molecular weight excluding hydrogens is 398 g/mol. The molecule has 0 saturated carbocycles. The van der Waals surface area contributed by atoms with Crippen molar-refractivity contribution in [2.45, 2.75) is 25.9 Å². The minimum absolute atomic E-state index is 0.00351. The molecular formula is C27H25N3O2. The molecule has 1 aromatic heterocycles. The number of anilines is 1. The summed E-state index contributed by atoms with van der Waals surface area (Å²) >= 11 is 0. The Morgan fingerprint density at radius 3 is 2.19 bits per heavy atom. The summed E-state index contributed by atoms with van der Waals surface area (Å²) in [7, 11) is 0. The first-order chi connectivity index (χ1) is 15.7. The van der Waals surface area contributed by atoms with Crippen LogP contribution in [0.1, 0.15) is 24.0 Å². The lowest BCUT2D eigenvalue weighted by molar-refractivity contribution is -0.116. The molecule has 0 unspecified atom stereocenters. The van der Waals surface area contributed by atoms with E-state index in [4.69, 9.17) is 4.98 Å². The van der Waals surface area contributed by atoms with Crippen LogP contribution < -0.4 is 5.32 Å². The Hall–Kier alpha value is -3.83. The molecule has 160 valence electrons. The van der Waals surface area contributed by atoms with Crippen LogP contribution in [0, 0.1) is 0 Å². The highest BCUT2D eigenvalue weighted by Gasteiger charge is 2.14. The third-order valence-corrected chi connectivity index (χ3v) is 5.22. The molecule has 4 rings (SSSR count). The fraction of sp³-hybridized carbons (Fsp3) is 0.148. The van der Waals surface area contributed by atoms with E-state index in [0.29, 0.717) is 23.6 Å². The number of aryl methyl sites for hydroxylation is 1. The highest BCUT2D eigenvalue weighted by atomic mass is 16.3. The van der Waals surface area contributed by atoms with Crippen LogP contribution in [0.4, 0.5) is 5.82 Å². The fourth-order valence-electron chi connectivity index (χ4n) is 3.49. The lowest BCUT2D eigenvalue weighted by Crippen LogP contribution is -2.14. The summed E-state index contributed by atoms with van der Waals surface area (Å²) in [6, 6.07) is 27.4. The Kier molecular flexibility index (Phi) is 7.00. The Balaban J connectivity index is 1.53. The molecule has 5 heteroatoms. The van der Waals surface area contributed by atoms with Gasteiger partial charge in [-0.2, -0.15) is 0 Å². The van der Waals surface area contributed by atoms with Gasteiger partial charge in [-0.1, -0.05) is 84.9 Å². The van der Waals surface area contributed by atoms with Gasteiger partial charge in [-0.15, -0.1) is 0 Å². The molecule has 0 fully saturated rings. The number of benzene rings is 3. The molecule has 0 aliphatic heterocycles. The monoisotopic (exact) mass is 423 g/mol. The van der Waals surface area contributed by atoms with Crippen LogP contribution in [0.5, 0.6) is 0 Å². The number of aliphatic hydroxyl groups excluding tert-OH is 1. The minimum Gasteiger partial charge on any atom is -0.392 e. The standard InChI is InChI=1S/C27H25N3O2/c31-19-21-14-16-22(17-15-21)24-18-28-27(26(29-24)23-11-5-2-6-12-23)30-25(32)13-7-10-20-8-3-1-4-9-20/h1-6,8-9,11-12,14-18,31H,7,10,13,19H2,(H,28,30,32). The molecule has 32 heavy (non-hydrogen) atoms. The zero-order valence-electron chi connectivity index (χ0n) is 17.7. The first kappa shape index (κ1) is 21.4. The van der Waals surface area contributed by atoms with Gasteiger partial charge >= 0.3 is 0 Å². The topological polar surface area (TPSA) is 75.1 Å². The Morgan fingerprint density at radius 1 is 0.812 bits per heavy atom. The van der Waals surface area contributed by atoms with Crippen LogP contribution >= 0.6 is 0 Å². The molecule has 4 aromatic rings. The number of aromatic nitrogens is 2. The fourth-order valence-corrected chi connectivity index (χ4v) is 3.49. The van der Waals surface area contributed by atoms with E-state index in [1.165, 1.54) is 5.56 Å². The number of carbonyl (C=O) groups is 1. The molecule has 1 heterocycles. The van der Waals surface area contributed by atoms with E-state index >= 15 is 0 Å². The SMILES string of the molecule is O=C(CCCc1ccccc1)Nc1ncc(-c2ccc(CO)cc2)nc1-c1ccccc1. The molecule has 5 nitrogen and oxygen atoms in total. The molecule has 2 N–H and O–H groups in total. The highest BCUT2D eigenvalue weighted by Crippen LogP contribution is 2.28. The summed E-state index contributed by atoms with van der Waals surface area (Å²) in [6.07, 6.45) is 3.70. The number of nitrogens with zero attached hydrogens (tertiary/aromatic N) is 2. The summed E-state index contributed by atoms with van der Waals surface area (Å²) in [5.74, 6) is 0.379. The van der Waals surface area contributed by atoms with Crippen LogP contribution in [0.2, 0.25) is 0 Å². The number of carbonyl (C=O) groups excluding carboxylic acids is 1. The summed E-state index contributed by atoms with van der Waals surface area (Å²) in [5, 5.41) is 12.2. The van der Waals surface area contributed by atoms with Crippen molar-refractivity contribution >= 4 is 11.7 Å². The average Bonchev–Trinajstić information content (AvgIpc) is 2.85. The molecule has 1 amide bonds. The summed E-state index contributed by atoms with van der Waals surface area (Å²) < 4.78 is 0. The molecule has 0 atom stereocenters. The van der Waals surface area contributed by atoms with Crippen LogP contribution in [0.25, 0.3) is 22.5 Å². The summed E-state index contributed by atoms with van der Waals surface area (Å²) in [4.78, 5) is 22.0. The van der Waals surface area contributed by atoms with E-state index in [0.717, 1.165) is 29.5 Å². The van der Waals surface area contributed by atoms with Crippen LogP contribution in [0.15, 0.2) is 91.1 Å². The number of nitrogens with one attached hydrogen (secondary N) is 1. The van der Waals surface area contributed by atoms with E-state index in [2.05, 4.69) is 22.4 Å². The zero-order chi connectivity index (χ0) is 22.2. The van der Waals surface area contributed by atoms with Gasteiger partial charge in [0.15, 0.2) is 5.82 Å². The maximum Gasteiger partial charge on any atom is 0.225 e. The number of aliphatic hydroxyl groups is 1. The predicted molar refractivity (Wildman–Crippen MR) is 127 cm³/mol. The molecule has 0 aliphatic rings. The Morgan fingerprint density at radius 2 is 1.50 bits per heavy atom. The van der Waals surface area contributed by atoms with Crippen molar-refractivity contribution in [3.63, 3.8) is 0 Å². The number of amides is 1. The Bertz CT molecular complexity index is 1160. The molecule has 0 spiro atoms. The van der Waals surface area contributed by atoms with Gasteiger partial charge in [0.1, 0.15) is 5.69 Å². The van der Waals surface area contributed by atoms with E-state index in [9.17, 15) is 9.90 Å². The molecule has 0 radical (unpaired) electrons. The van der Waals surface area contributed by atoms with Crippen molar-refractivity contribution in [3.05, 3.63) is 102 Å². The van der Waals surface area contributed by atoms with Gasteiger partial charge in [-0.3, -0.25) is 4.79 Å². The lowest BCUT2D eigenvalue weighted by Gasteiger charge is -2.12. The van der Waals surface area contributed by atoms with Crippen LogP contribution in [-0.2, 0) is 17.8 Å². The van der Waals surface area contributed by atoms with Gasteiger partial charge in [0.05, 0.1) is 18.5 Å². The normalized spacial score (nSPS) is 10.7. The molecule has 0 aliphatic carbocycles. The molecule has 3 aromatic carbocycles. The van der Waals surface area contributed by atoms with Crippen molar-refractivity contribution in [2.75, 3.05) is 5.32 Å². The zero-order valence-corrected chi connectivity index (χ0v) is 17.7. The van der Waals surface area contributed by atoms with Crippen molar-refractivity contribution in [3.8, 4) is 22.5 Å². The molecule has 0 bridgehead atoms. The summed E-state index contributed by atoms with van der Waals surface area (Å²) in [6.45, 7) is -0.00351. The van der Waals surface area contributed by atoms with E-state index in [-0.39, 0.29) is 12.5 Å². The van der Waals surface area contributed by atoms with Crippen LogP contribution in [-0.4, -0.2) is 21.0 Å². The minimum atomic E-state index is -0.0764. The van der Waals surface area contributed by atoms with E-state index < -0.39 is 0 Å². The van der Waals surface area contributed by atoms with Gasteiger partial charge in [0.25, 0.3) is 0 Å². The molecule has 0 saturated heterocycles. The number of rotatable bonds is 8. The van der Waals surface area contributed by atoms with E-state index in [1.807, 2.05) is 72.8 Å². The smallest absolute Gasteiger partial charge is 0.225 e. The van der Waals surface area contributed by atoms with Crippen molar-refractivity contribution in [2.24, 2.45) is 0 Å². The largest absolute Gasteiger partial charge is 0.392 e. The first-order valence-electron chi connectivity index (χ1n) is 10.7. The van der Waals surface area contributed by atoms with Gasteiger partial charge in [0, 0.05) is 17.5 Å². The Labute approximate surface area is 187 Å². The van der Waals surface area contributed by atoms with Gasteiger partial charge in [-0.05, 0) is 24.0 Å². The quantitative estimate of drug-likeness (QED) is 0.405. The first-order valence-corrected chi connectivity index (χ1v) is 10.7. The second-order valence-electron chi connectivity index (χ2n) is 7.56. The average molecular weight is 424 g/mol. The summed E-state index contributed by atoms with van der Waals surface area (Å²) in [5.41, 5.74) is 5.17. The van der Waals surface area contributed by atoms with Gasteiger partial charge < -0.3 is 10.4 Å². The third-order valence-electron chi connectivity index (χ3n) is 5.22. The van der Waals surface area contributed by atoms with Crippen molar-refractivity contribution in [1.82, 2.24) is 9.97 Å².